The maximum atomic E-state index is 11.6. The first kappa shape index (κ1) is 19.5. The van der Waals surface area contributed by atoms with E-state index in [0.717, 1.165) is 49.4 Å². The van der Waals surface area contributed by atoms with Gasteiger partial charge in [0.05, 0.1) is 11.4 Å². The van der Waals surface area contributed by atoms with E-state index >= 15 is 0 Å². The molecule has 4 aromatic rings. The quantitative estimate of drug-likeness (QED) is 0.517. The third-order valence-corrected chi connectivity index (χ3v) is 6.06. The summed E-state index contributed by atoms with van der Waals surface area (Å²) in [4.78, 5) is 26.7. The summed E-state index contributed by atoms with van der Waals surface area (Å²) in [5.41, 5.74) is 11.2. The molecule has 1 fully saturated rings. The van der Waals surface area contributed by atoms with Crippen LogP contribution in [-0.4, -0.2) is 38.8 Å². The van der Waals surface area contributed by atoms with E-state index in [1.165, 1.54) is 16.5 Å². The van der Waals surface area contributed by atoms with Crippen molar-refractivity contribution in [1.82, 2.24) is 19.9 Å². The second-order valence-electron chi connectivity index (χ2n) is 8.21. The summed E-state index contributed by atoms with van der Waals surface area (Å²) in [6.07, 6.45) is 7.65. The Morgan fingerprint density at radius 3 is 2.94 bits per heavy atom. The number of nitrogens with zero attached hydrogens (tertiary/aromatic N) is 3. The van der Waals surface area contributed by atoms with Crippen LogP contribution < -0.4 is 5.73 Å². The second kappa shape index (κ2) is 8.32. The summed E-state index contributed by atoms with van der Waals surface area (Å²) in [5, 5.41) is 1.25. The molecule has 1 unspecified atom stereocenters. The molecule has 1 saturated heterocycles. The Morgan fingerprint density at radius 1 is 1.13 bits per heavy atom. The van der Waals surface area contributed by atoms with Gasteiger partial charge in [-0.25, -0.2) is 0 Å². The molecular weight excluding hydrogens is 386 g/mol. The summed E-state index contributed by atoms with van der Waals surface area (Å²) in [5.74, 6) is -0.138. The molecule has 5 rings (SSSR count). The van der Waals surface area contributed by atoms with Crippen molar-refractivity contribution >= 4 is 16.8 Å². The first-order chi connectivity index (χ1) is 15.2. The standard InChI is InChI=1S/C25H25N5O/c26-25(31)20-4-1-3-19(14-20)23-24(29-11-10-28-23)21-5-2-12-30(16-21)15-17-6-7-22-18(13-17)8-9-27-22/h1,3-4,6-11,13-14,21,27H,2,5,12,15-16H2,(H2,26,31). The van der Waals surface area contributed by atoms with Crippen LogP contribution in [-0.2, 0) is 6.54 Å². The first-order valence-electron chi connectivity index (χ1n) is 10.7. The number of primary amides is 1. The summed E-state index contributed by atoms with van der Waals surface area (Å²) in [7, 11) is 0. The Hall–Kier alpha value is -3.51. The normalized spacial score (nSPS) is 17.1. The summed E-state index contributed by atoms with van der Waals surface area (Å²) < 4.78 is 0. The minimum Gasteiger partial charge on any atom is -0.366 e. The number of benzene rings is 2. The molecule has 1 aliphatic rings. The van der Waals surface area contributed by atoms with E-state index < -0.39 is 5.91 Å². The minimum absolute atomic E-state index is 0.297. The molecule has 0 aliphatic carbocycles. The zero-order chi connectivity index (χ0) is 21.2. The lowest BCUT2D eigenvalue weighted by Crippen LogP contribution is -2.34. The third-order valence-electron chi connectivity index (χ3n) is 6.06. The fourth-order valence-electron chi connectivity index (χ4n) is 4.57. The van der Waals surface area contributed by atoms with Crippen molar-refractivity contribution in [2.24, 2.45) is 5.73 Å². The van der Waals surface area contributed by atoms with Crippen molar-refractivity contribution in [2.75, 3.05) is 13.1 Å². The number of likely N-dealkylation sites (tertiary alicyclic amines) is 1. The number of aromatic nitrogens is 3. The highest BCUT2D eigenvalue weighted by Gasteiger charge is 2.25. The van der Waals surface area contributed by atoms with Crippen molar-refractivity contribution in [3.05, 3.63) is 83.9 Å². The molecule has 2 aromatic carbocycles. The number of carbonyl (C=O) groups is 1. The van der Waals surface area contributed by atoms with Crippen molar-refractivity contribution in [3.8, 4) is 11.3 Å². The predicted octanol–water partition coefficient (Wildman–Crippen LogP) is 4.10. The van der Waals surface area contributed by atoms with Crippen LogP contribution in [0.15, 0.2) is 67.1 Å². The van der Waals surface area contributed by atoms with E-state index in [1.54, 1.807) is 18.5 Å². The van der Waals surface area contributed by atoms with E-state index in [0.29, 0.717) is 11.5 Å². The van der Waals surface area contributed by atoms with Gasteiger partial charge in [0.1, 0.15) is 0 Å². The number of aromatic amines is 1. The average Bonchev–Trinajstić information content (AvgIpc) is 3.27. The molecule has 3 heterocycles. The minimum atomic E-state index is -0.435. The molecule has 0 bridgehead atoms. The molecule has 1 amide bonds. The van der Waals surface area contributed by atoms with Gasteiger partial charge in [0.15, 0.2) is 0 Å². The molecular formula is C25H25N5O. The van der Waals surface area contributed by atoms with Gasteiger partial charge in [-0.2, -0.15) is 0 Å². The molecule has 6 heteroatoms. The predicted molar refractivity (Wildman–Crippen MR) is 122 cm³/mol. The molecule has 156 valence electrons. The fraction of sp³-hybridized carbons (Fsp3) is 0.240. The number of hydrogen-bond acceptors (Lipinski definition) is 4. The Bertz CT molecular complexity index is 1230. The number of nitrogens with one attached hydrogen (secondary N) is 1. The van der Waals surface area contributed by atoms with Crippen LogP contribution in [0.2, 0.25) is 0 Å². The number of piperidine rings is 1. The maximum Gasteiger partial charge on any atom is 0.248 e. The van der Waals surface area contributed by atoms with E-state index in [9.17, 15) is 4.79 Å². The van der Waals surface area contributed by atoms with Gasteiger partial charge in [-0.1, -0.05) is 18.2 Å². The van der Waals surface area contributed by atoms with Crippen molar-refractivity contribution in [1.29, 1.82) is 0 Å². The molecule has 3 N–H and O–H groups in total. The summed E-state index contributed by atoms with van der Waals surface area (Å²) >= 11 is 0. The highest BCUT2D eigenvalue weighted by Crippen LogP contribution is 2.32. The van der Waals surface area contributed by atoms with Crippen molar-refractivity contribution in [3.63, 3.8) is 0 Å². The molecule has 1 atom stereocenters. The molecule has 0 radical (unpaired) electrons. The van der Waals surface area contributed by atoms with Gasteiger partial charge < -0.3 is 10.7 Å². The Balaban J connectivity index is 1.39. The van der Waals surface area contributed by atoms with Crippen LogP contribution in [0.1, 0.15) is 40.4 Å². The first-order valence-corrected chi connectivity index (χ1v) is 10.7. The van der Waals surface area contributed by atoms with Gasteiger partial charge in [-0.15, -0.1) is 0 Å². The molecule has 31 heavy (non-hydrogen) atoms. The molecule has 2 aromatic heterocycles. The topological polar surface area (TPSA) is 87.9 Å². The molecule has 6 nitrogen and oxygen atoms in total. The zero-order valence-corrected chi connectivity index (χ0v) is 17.3. The molecule has 0 saturated carbocycles. The number of fused-ring (bicyclic) bond motifs is 1. The smallest absolute Gasteiger partial charge is 0.248 e. The van der Waals surface area contributed by atoms with Gasteiger partial charge in [-0.3, -0.25) is 19.7 Å². The largest absolute Gasteiger partial charge is 0.366 e. The number of nitrogens with two attached hydrogens (primary N) is 1. The lowest BCUT2D eigenvalue weighted by atomic mass is 9.91. The Labute approximate surface area is 181 Å². The summed E-state index contributed by atoms with van der Waals surface area (Å²) in [6, 6.07) is 16.1. The van der Waals surface area contributed by atoms with E-state index in [2.05, 4.69) is 39.1 Å². The monoisotopic (exact) mass is 411 g/mol. The maximum absolute atomic E-state index is 11.6. The van der Waals surface area contributed by atoms with Gasteiger partial charge in [-0.05, 0) is 60.7 Å². The highest BCUT2D eigenvalue weighted by molar-refractivity contribution is 5.94. The Kier molecular flexibility index (Phi) is 5.22. The summed E-state index contributed by atoms with van der Waals surface area (Å²) in [6.45, 7) is 2.94. The van der Waals surface area contributed by atoms with E-state index in [1.807, 2.05) is 24.4 Å². The van der Waals surface area contributed by atoms with Crippen LogP contribution in [0, 0.1) is 0 Å². The molecule has 1 aliphatic heterocycles. The second-order valence-corrected chi connectivity index (χ2v) is 8.21. The van der Waals surface area contributed by atoms with Crippen LogP contribution in [0.5, 0.6) is 0 Å². The van der Waals surface area contributed by atoms with E-state index in [-0.39, 0.29) is 0 Å². The average molecular weight is 412 g/mol. The SMILES string of the molecule is NC(=O)c1cccc(-c2nccnc2C2CCCN(Cc3ccc4[nH]ccc4c3)C2)c1. The number of rotatable bonds is 5. The van der Waals surface area contributed by atoms with Gasteiger partial charge in [0.25, 0.3) is 0 Å². The van der Waals surface area contributed by atoms with Gasteiger partial charge in [0, 0.05) is 54.2 Å². The lowest BCUT2D eigenvalue weighted by molar-refractivity contribution is 0.100. The molecule has 0 spiro atoms. The van der Waals surface area contributed by atoms with Crippen molar-refractivity contribution < 1.29 is 4.79 Å². The zero-order valence-electron chi connectivity index (χ0n) is 17.3. The third kappa shape index (κ3) is 4.07. The number of amides is 1. The van der Waals surface area contributed by atoms with E-state index in [4.69, 9.17) is 10.7 Å². The van der Waals surface area contributed by atoms with Gasteiger partial charge in [0.2, 0.25) is 5.91 Å². The van der Waals surface area contributed by atoms with Crippen LogP contribution >= 0.6 is 0 Å². The number of carbonyl (C=O) groups excluding carboxylic acids is 1. The van der Waals surface area contributed by atoms with Gasteiger partial charge >= 0.3 is 0 Å². The fourth-order valence-corrected chi connectivity index (χ4v) is 4.57. The highest BCUT2D eigenvalue weighted by atomic mass is 16.1. The van der Waals surface area contributed by atoms with Crippen molar-refractivity contribution in [2.45, 2.75) is 25.3 Å². The Morgan fingerprint density at radius 2 is 2.03 bits per heavy atom. The van der Waals surface area contributed by atoms with Crippen LogP contribution in [0.25, 0.3) is 22.2 Å². The number of hydrogen-bond donors (Lipinski definition) is 2. The number of H-pyrrole nitrogens is 1. The van der Waals surface area contributed by atoms with Crippen LogP contribution in [0.4, 0.5) is 0 Å². The lowest BCUT2D eigenvalue weighted by Gasteiger charge is -2.33. The van der Waals surface area contributed by atoms with Crippen LogP contribution in [0.3, 0.4) is 0 Å².